The number of aryl methyl sites for hydroxylation is 1. The number of imidazole rings is 1. The van der Waals surface area contributed by atoms with Gasteiger partial charge in [-0.25, -0.2) is 4.98 Å². The van der Waals surface area contributed by atoms with E-state index in [-0.39, 0.29) is 0 Å². The van der Waals surface area contributed by atoms with Gasteiger partial charge in [0.15, 0.2) is 0 Å². The fourth-order valence-electron chi connectivity index (χ4n) is 1.98. The lowest BCUT2D eigenvalue weighted by Crippen LogP contribution is -2.15. The Balaban J connectivity index is 2.15. The smallest absolute Gasteiger partial charge is 0.204 e. The zero-order chi connectivity index (χ0) is 14.9. The van der Waals surface area contributed by atoms with Crippen LogP contribution in [-0.2, 0) is 13.6 Å². The molecule has 1 aromatic carbocycles. The highest BCUT2D eigenvalue weighted by atomic mass is 79.9. The Labute approximate surface area is 132 Å². The van der Waals surface area contributed by atoms with Gasteiger partial charge >= 0.3 is 0 Å². The molecule has 0 spiro atoms. The van der Waals surface area contributed by atoms with E-state index in [1.165, 1.54) is 0 Å². The maximum Gasteiger partial charge on any atom is 0.204 e. The third kappa shape index (κ3) is 3.10. The van der Waals surface area contributed by atoms with E-state index in [4.69, 9.17) is 11.6 Å². The summed E-state index contributed by atoms with van der Waals surface area (Å²) in [6.07, 6.45) is 1.88. The number of halogens is 2. The summed E-state index contributed by atoms with van der Waals surface area (Å²) in [5.74, 6) is 0.933. The zero-order valence-electron chi connectivity index (χ0n) is 12.0. The van der Waals surface area contributed by atoms with Crippen LogP contribution in [0.1, 0.15) is 11.3 Å². The summed E-state index contributed by atoms with van der Waals surface area (Å²) in [6.45, 7) is 2.68. The van der Waals surface area contributed by atoms with Crippen LogP contribution in [0, 0.1) is 6.92 Å². The second-order valence-corrected chi connectivity index (χ2v) is 6.20. The molecule has 20 heavy (non-hydrogen) atoms. The van der Waals surface area contributed by atoms with E-state index in [1.54, 1.807) is 0 Å². The van der Waals surface area contributed by atoms with Crippen molar-refractivity contribution in [2.45, 2.75) is 13.5 Å². The molecule has 1 aromatic heterocycles. The zero-order valence-corrected chi connectivity index (χ0v) is 14.4. The Morgan fingerprint density at radius 1 is 1.40 bits per heavy atom. The highest BCUT2D eigenvalue weighted by Crippen LogP contribution is 2.29. The van der Waals surface area contributed by atoms with Crippen LogP contribution >= 0.6 is 27.5 Å². The summed E-state index contributed by atoms with van der Waals surface area (Å²) in [5, 5.41) is 4.14. The van der Waals surface area contributed by atoms with Gasteiger partial charge in [0.05, 0.1) is 24.1 Å². The van der Waals surface area contributed by atoms with Crippen molar-refractivity contribution in [1.29, 1.82) is 0 Å². The molecule has 6 heteroatoms. The summed E-state index contributed by atoms with van der Waals surface area (Å²) >= 11 is 9.71. The van der Waals surface area contributed by atoms with Crippen molar-refractivity contribution in [2.75, 3.05) is 24.3 Å². The van der Waals surface area contributed by atoms with E-state index < -0.39 is 0 Å². The lowest BCUT2D eigenvalue weighted by molar-refractivity contribution is 0.814. The summed E-state index contributed by atoms with van der Waals surface area (Å²) in [7, 11) is 5.97. The quantitative estimate of drug-likeness (QED) is 0.903. The maximum absolute atomic E-state index is 6.16. The van der Waals surface area contributed by atoms with Gasteiger partial charge in [0.25, 0.3) is 0 Å². The molecule has 0 fully saturated rings. The van der Waals surface area contributed by atoms with Gasteiger partial charge in [-0.05, 0) is 40.5 Å². The fraction of sp³-hybridized carbons (Fsp3) is 0.357. The van der Waals surface area contributed by atoms with Crippen molar-refractivity contribution in [3.8, 4) is 0 Å². The van der Waals surface area contributed by atoms with E-state index >= 15 is 0 Å². The Bertz CT molecular complexity index is 622. The number of benzene rings is 1. The van der Waals surface area contributed by atoms with Crippen LogP contribution in [0.4, 0.5) is 11.6 Å². The van der Waals surface area contributed by atoms with Crippen molar-refractivity contribution < 1.29 is 0 Å². The topological polar surface area (TPSA) is 33.1 Å². The Hall–Kier alpha value is -1.20. The second kappa shape index (κ2) is 6.06. The molecule has 0 aliphatic rings. The molecule has 2 aromatic rings. The molecule has 1 heterocycles. The van der Waals surface area contributed by atoms with Crippen molar-refractivity contribution in [2.24, 2.45) is 7.05 Å². The molecule has 0 saturated carbocycles. The minimum absolute atomic E-state index is 0.690. The highest BCUT2D eigenvalue weighted by molar-refractivity contribution is 9.10. The molecule has 0 aliphatic carbocycles. The molecule has 0 atom stereocenters. The predicted molar refractivity (Wildman–Crippen MR) is 88.8 cm³/mol. The van der Waals surface area contributed by atoms with Crippen LogP contribution in [-0.4, -0.2) is 23.6 Å². The molecule has 1 N–H and O–H groups in total. The van der Waals surface area contributed by atoms with Crippen molar-refractivity contribution in [1.82, 2.24) is 9.55 Å². The van der Waals surface area contributed by atoms with Crippen LogP contribution in [0.3, 0.4) is 0 Å². The Morgan fingerprint density at radius 3 is 2.70 bits per heavy atom. The fourth-order valence-corrected chi connectivity index (χ4v) is 2.74. The summed E-state index contributed by atoms with van der Waals surface area (Å²) in [5.41, 5.74) is 3.14. The number of rotatable bonds is 4. The number of hydrogen-bond acceptors (Lipinski definition) is 3. The average Bonchev–Trinajstić information content (AvgIpc) is 2.74. The first kappa shape index (κ1) is 15.2. The molecule has 0 bridgehead atoms. The minimum atomic E-state index is 0.690. The molecule has 4 nitrogen and oxygen atoms in total. The van der Waals surface area contributed by atoms with Gasteiger partial charge in [0.2, 0.25) is 5.95 Å². The van der Waals surface area contributed by atoms with Gasteiger partial charge in [-0.15, -0.1) is 0 Å². The molecular formula is C14H18BrClN4. The highest BCUT2D eigenvalue weighted by Gasteiger charge is 2.09. The SMILES string of the molecule is Cc1cc(Br)c(NCc2cnc(N(C)C)n2C)cc1Cl. The monoisotopic (exact) mass is 356 g/mol. The summed E-state index contributed by atoms with van der Waals surface area (Å²) in [4.78, 5) is 6.38. The summed E-state index contributed by atoms with van der Waals surface area (Å²) in [6, 6.07) is 3.95. The van der Waals surface area contributed by atoms with Gasteiger partial charge in [0, 0.05) is 30.6 Å². The molecule has 2 rings (SSSR count). The van der Waals surface area contributed by atoms with E-state index in [2.05, 4.69) is 30.8 Å². The van der Waals surface area contributed by atoms with E-state index in [9.17, 15) is 0 Å². The first-order chi connectivity index (χ1) is 9.40. The van der Waals surface area contributed by atoms with Gasteiger partial charge in [-0.1, -0.05) is 11.6 Å². The summed E-state index contributed by atoms with van der Waals surface area (Å²) < 4.78 is 3.07. The number of hydrogen-bond donors (Lipinski definition) is 1. The molecule has 108 valence electrons. The second-order valence-electron chi connectivity index (χ2n) is 4.94. The van der Waals surface area contributed by atoms with Crippen LogP contribution in [0.15, 0.2) is 22.8 Å². The van der Waals surface area contributed by atoms with Gasteiger partial charge in [-0.3, -0.25) is 0 Å². The molecule has 0 radical (unpaired) electrons. The van der Waals surface area contributed by atoms with Gasteiger partial charge < -0.3 is 14.8 Å². The van der Waals surface area contributed by atoms with Gasteiger partial charge in [-0.2, -0.15) is 0 Å². The van der Waals surface area contributed by atoms with Crippen molar-refractivity contribution >= 4 is 39.2 Å². The number of anilines is 2. The molecule has 0 saturated heterocycles. The minimum Gasteiger partial charge on any atom is -0.378 e. The van der Waals surface area contributed by atoms with E-state index in [0.29, 0.717) is 6.54 Å². The van der Waals surface area contributed by atoms with Crippen molar-refractivity contribution in [3.63, 3.8) is 0 Å². The lowest BCUT2D eigenvalue weighted by atomic mass is 10.2. The maximum atomic E-state index is 6.16. The van der Waals surface area contributed by atoms with Crippen LogP contribution < -0.4 is 10.2 Å². The Kier molecular flexibility index (Phi) is 4.60. The van der Waals surface area contributed by atoms with Crippen LogP contribution in [0.5, 0.6) is 0 Å². The predicted octanol–water partition coefficient (Wildman–Crippen LogP) is 3.82. The first-order valence-electron chi connectivity index (χ1n) is 6.27. The normalized spacial score (nSPS) is 10.7. The van der Waals surface area contributed by atoms with E-state index in [1.807, 2.05) is 51.3 Å². The third-order valence-corrected chi connectivity index (χ3v) is 4.23. The Morgan fingerprint density at radius 2 is 2.10 bits per heavy atom. The lowest BCUT2D eigenvalue weighted by Gasteiger charge is -2.14. The van der Waals surface area contributed by atoms with Gasteiger partial charge in [0.1, 0.15) is 0 Å². The van der Waals surface area contributed by atoms with E-state index in [0.717, 1.165) is 32.4 Å². The van der Waals surface area contributed by atoms with Crippen molar-refractivity contribution in [3.05, 3.63) is 39.1 Å². The third-order valence-electron chi connectivity index (χ3n) is 3.17. The first-order valence-corrected chi connectivity index (χ1v) is 7.44. The number of aromatic nitrogens is 2. The van der Waals surface area contributed by atoms with Crippen LogP contribution in [0.2, 0.25) is 5.02 Å². The molecular weight excluding hydrogens is 340 g/mol. The largest absolute Gasteiger partial charge is 0.378 e. The molecule has 0 amide bonds. The standard InChI is InChI=1S/C14H18BrClN4/c1-9-5-11(15)13(6-12(9)16)17-7-10-8-18-14(19(2)3)20(10)4/h5-6,8,17H,7H2,1-4H3. The molecule has 0 aliphatic heterocycles. The van der Waals surface area contributed by atoms with Crippen LogP contribution in [0.25, 0.3) is 0 Å². The number of nitrogens with one attached hydrogen (secondary N) is 1. The number of nitrogens with zero attached hydrogens (tertiary/aromatic N) is 3. The molecule has 0 unspecified atom stereocenters. The average molecular weight is 358 g/mol.